The Morgan fingerprint density at radius 2 is 1.75 bits per heavy atom. The average molecular weight is 322 g/mol. The van der Waals surface area contributed by atoms with E-state index >= 15 is 0 Å². The zero-order valence-electron chi connectivity index (χ0n) is 14.2. The number of allylic oxidation sites excluding steroid dienone is 4. The molecule has 0 heterocycles. The second-order valence-corrected chi connectivity index (χ2v) is 7.63. The predicted molar refractivity (Wildman–Crippen MR) is 96.2 cm³/mol. The van der Waals surface area contributed by atoms with Gasteiger partial charge in [-0.2, -0.15) is 0 Å². The molecule has 1 saturated carbocycles. The van der Waals surface area contributed by atoms with Gasteiger partial charge in [0, 0.05) is 0 Å². The van der Waals surface area contributed by atoms with E-state index < -0.39 is 5.97 Å². The molecule has 0 amide bonds. The van der Waals surface area contributed by atoms with Crippen LogP contribution in [0.3, 0.4) is 0 Å². The highest BCUT2D eigenvalue weighted by molar-refractivity contribution is 5.87. The van der Waals surface area contributed by atoms with Crippen LogP contribution in [0.5, 0.6) is 0 Å². The lowest BCUT2D eigenvalue weighted by molar-refractivity contribution is 0.0697. The van der Waals surface area contributed by atoms with E-state index in [2.05, 4.69) is 24.3 Å². The van der Waals surface area contributed by atoms with Crippen LogP contribution < -0.4 is 0 Å². The van der Waals surface area contributed by atoms with E-state index in [0.717, 1.165) is 11.8 Å². The molecule has 3 aliphatic rings. The summed E-state index contributed by atoms with van der Waals surface area (Å²) in [6, 6.07) is 7.70. The Morgan fingerprint density at radius 3 is 2.54 bits per heavy atom. The molecule has 2 heteroatoms. The maximum Gasteiger partial charge on any atom is 0.335 e. The molecule has 1 fully saturated rings. The quantitative estimate of drug-likeness (QED) is 0.756. The monoisotopic (exact) mass is 322 g/mol. The van der Waals surface area contributed by atoms with Crippen LogP contribution in [0, 0.1) is 11.8 Å². The molecule has 0 aliphatic heterocycles. The van der Waals surface area contributed by atoms with Crippen molar-refractivity contribution in [3.8, 4) is 0 Å². The molecule has 2 nitrogen and oxygen atoms in total. The van der Waals surface area contributed by atoms with Crippen molar-refractivity contribution in [2.45, 2.75) is 57.3 Å². The summed E-state index contributed by atoms with van der Waals surface area (Å²) in [6.07, 6.45) is 15.0. The lowest BCUT2D eigenvalue weighted by Gasteiger charge is -2.35. The van der Waals surface area contributed by atoms with Crippen LogP contribution in [0.2, 0.25) is 0 Å². The Bertz CT molecular complexity index is 680. The molecule has 0 radical (unpaired) electrons. The molecule has 1 aromatic rings. The van der Waals surface area contributed by atoms with Gasteiger partial charge in [0.2, 0.25) is 0 Å². The van der Waals surface area contributed by atoms with Gasteiger partial charge in [0.1, 0.15) is 0 Å². The van der Waals surface area contributed by atoms with E-state index in [0.29, 0.717) is 11.5 Å². The van der Waals surface area contributed by atoms with E-state index in [-0.39, 0.29) is 0 Å². The van der Waals surface area contributed by atoms with Crippen LogP contribution in [0.4, 0.5) is 0 Å². The highest BCUT2D eigenvalue weighted by Gasteiger charge is 2.37. The minimum absolute atomic E-state index is 0.396. The number of benzene rings is 1. The Hall–Kier alpha value is -1.83. The molecule has 24 heavy (non-hydrogen) atoms. The third-order valence-corrected chi connectivity index (χ3v) is 6.38. The summed E-state index contributed by atoms with van der Waals surface area (Å²) in [5, 5.41) is 9.13. The van der Waals surface area contributed by atoms with Crippen LogP contribution in [-0.2, 0) is 0 Å². The first kappa shape index (κ1) is 15.7. The minimum Gasteiger partial charge on any atom is -0.478 e. The number of rotatable bonds is 2. The van der Waals surface area contributed by atoms with Crippen molar-refractivity contribution in [2.75, 3.05) is 0 Å². The number of fused-ring (bicyclic) bond motifs is 2. The maximum absolute atomic E-state index is 11.1. The molecular weight excluding hydrogens is 296 g/mol. The normalized spacial score (nSPS) is 29.6. The van der Waals surface area contributed by atoms with E-state index in [1.807, 2.05) is 0 Å². The Balaban J connectivity index is 1.66. The highest BCUT2D eigenvalue weighted by Crippen LogP contribution is 2.50. The molecule has 3 atom stereocenters. The van der Waals surface area contributed by atoms with E-state index in [1.165, 1.54) is 56.9 Å². The number of hydrogen-bond acceptors (Lipinski definition) is 1. The average Bonchev–Trinajstić information content (AvgIpc) is 3.06. The minimum atomic E-state index is -0.833. The molecule has 3 aliphatic carbocycles. The smallest absolute Gasteiger partial charge is 0.335 e. The van der Waals surface area contributed by atoms with Gasteiger partial charge in [-0.3, -0.25) is 0 Å². The van der Waals surface area contributed by atoms with Gasteiger partial charge in [0.25, 0.3) is 0 Å². The fourth-order valence-corrected chi connectivity index (χ4v) is 5.28. The number of aromatic carboxylic acids is 1. The van der Waals surface area contributed by atoms with Gasteiger partial charge >= 0.3 is 5.97 Å². The van der Waals surface area contributed by atoms with Crippen molar-refractivity contribution in [3.63, 3.8) is 0 Å². The lowest BCUT2D eigenvalue weighted by atomic mass is 9.70. The molecule has 4 rings (SSSR count). The van der Waals surface area contributed by atoms with Gasteiger partial charge in [0.15, 0.2) is 0 Å². The van der Waals surface area contributed by atoms with Crippen LogP contribution in [0.25, 0.3) is 0 Å². The van der Waals surface area contributed by atoms with Crippen molar-refractivity contribution >= 4 is 5.97 Å². The Kier molecular flexibility index (Phi) is 4.30. The number of carbonyl (C=O) groups is 1. The molecule has 3 unspecified atom stereocenters. The van der Waals surface area contributed by atoms with Gasteiger partial charge in [0.05, 0.1) is 5.56 Å². The van der Waals surface area contributed by atoms with Gasteiger partial charge in [-0.25, -0.2) is 4.79 Å². The zero-order chi connectivity index (χ0) is 16.5. The molecule has 0 aromatic heterocycles. The Labute approximate surface area is 144 Å². The van der Waals surface area contributed by atoms with Crippen molar-refractivity contribution in [2.24, 2.45) is 11.8 Å². The molecule has 0 saturated heterocycles. The van der Waals surface area contributed by atoms with E-state index in [1.54, 1.807) is 23.3 Å². The van der Waals surface area contributed by atoms with Crippen LogP contribution in [-0.4, -0.2) is 11.1 Å². The molecule has 0 bridgehead atoms. The molecule has 126 valence electrons. The fourth-order valence-electron chi connectivity index (χ4n) is 5.28. The summed E-state index contributed by atoms with van der Waals surface area (Å²) in [5.74, 6) is 1.21. The van der Waals surface area contributed by atoms with Crippen LogP contribution in [0.15, 0.2) is 47.6 Å². The number of carboxylic acid groups (broad SMARTS) is 1. The van der Waals surface area contributed by atoms with Gasteiger partial charge in [-0.1, -0.05) is 36.3 Å². The fraction of sp³-hybridized carbons (Fsp3) is 0.500. The lowest BCUT2D eigenvalue weighted by Crippen LogP contribution is -2.22. The van der Waals surface area contributed by atoms with Gasteiger partial charge in [-0.15, -0.1) is 0 Å². The third-order valence-electron chi connectivity index (χ3n) is 6.38. The van der Waals surface area contributed by atoms with Crippen molar-refractivity contribution in [1.82, 2.24) is 0 Å². The largest absolute Gasteiger partial charge is 0.478 e. The Morgan fingerprint density at radius 1 is 0.958 bits per heavy atom. The zero-order valence-corrected chi connectivity index (χ0v) is 14.2. The van der Waals surface area contributed by atoms with Crippen molar-refractivity contribution < 1.29 is 9.90 Å². The summed E-state index contributed by atoms with van der Waals surface area (Å²) in [6.45, 7) is 0. The summed E-state index contributed by atoms with van der Waals surface area (Å²) in [4.78, 5) is 11.1. The van der Waals surface area contributed by atoms with E-state index in [4.69, 9.17) is 5.11 Å². The second kappa shape index (κ2) is 6.58. The van der Waals surface area contributed by atoms with Gasteiger partial charge in [-0.05, 0) is 86.0 Å². The van der Waals surface area contributed by atoms with Gasteiger partial charge < -0.3 is 5.11 Å². The summed E-state index contributed by atoms with van der Waals surface area (Å²) < 4.78 is 0. The number of hydrogen-bond donors (Lipinski definition) is 1. The second-order valence-electron chi connectivity index (χ2n) is 7.63. The summed E-state index contributed by atoms with van der Waals surface area (Å²) in [7, 11) is 0. The molecular formula is C22H26O2. The first-order valence-electron chi connectivity index (χ1n) is 9.46. The summed E-state index contributed by atoms with van der Waals surface area (Å²) >= 11 is 0. The first-order chi connectivity index (χ1) is 11.7. The van der Waals surface area contributed by atoms with Crippen LogP contribution in [0.1, 0.15) is 73.2 Å². The molecule has 1 aromatic carbocycles. The standard InChI is InChI=1S/C22H26O2/c23-22(24)17-13-11-16(12-14-17)19-8-3-6-15-5-1-2-7-18(15)20-9-4-10-21(19)20/h2,7,11-14,19-21H,1,3-6,8-10H2,(H,23,24). The maximum atomic E-state index is 11.1. The van der Waals surface area contributed by atoms with Crippen LogP contribution >= 0.6 is 0 Å². The molecule has 1 N–H and O–H groups in total. The molecule has 0 spiro atoms. The van der Waals surface area contributed by atoms with E-state index in [9.17, 15) is 4.79 Å². The summed E-state index contributed by atoms with van der Waals surface area (Å²) in [5.41, 5.74) is 5.14. The predicted octanol–water partition coefficient (Wildman–Crippen LogP) is 5.72. The topological polar surface area (TPSA) is 37.3 Å². The van der Waals surface area contributed by atoms with Crippen molar-refractivity contribution in [3.05, 3.63) is 58.7 Å². The van der Waals surface area contributed by atoms with Crippen molar-refractivity contribution in [1.29, 1.82) is 0 Å². The number of carboxylic acids is 1. The SMILES string of the molecule is O=C(O)c1ccc(C2CCCC3=C(C=CCC3)C3CCCC32)cc1. The first-order valence-corrected chi connectivity index (χ1v) is 9.46. The third kappa shape index (κ3) is 2.83. The highest BCUT2D eigenvalue weighted by atomic mass is 16.4.